The minimum absolute atomic E-state index is 0.168. The van der Waals surface area contributed by atoms with Crippen LogP contribution in [0.5, 0.6) is 0 Å². The Morgan fingerprint density at radius 2 is 2.09 bits per heavy atom. The third kappa shape index (κ3) is 3.32. The van der Waals surface area contributed by atoms with E-state index in [1.54, 1.807) is 17.6 Å². The Morgan fingerprint density at radius 1 is 1.41 bits per heavy atom. The predicted octanol–water partition coefficient (Wildman–Crippen LogP) is 2.82. The summed E-state index contributed by atoms with van der Waals surface area (Å²) in [5, 5.41) is 19.8. The van der Waals surface area contributed by atoms with Gasteiger partial charge in [0.15, 0.2) is 0 Å². The van der Waals surface area contributed by atoms with Crippen molar-refractivity contribution in [2.24, 2.45) is 0 Å². The van der Waals surface area contributed by atoms with Crippen LogP contribution in [0, 0.1) is 6.92 Å². The number of nitrogens with zero attached hydrogens (tertiary/aromatic N) is 1. The SMILES string of the molecule is COCC(O)Cn1cc(C(=O)O)c(C)c1-c1ccccc1Cl. The first-order valence-electron chi connectivity index (χ1n) is 6.80. The first kappa shape index (κ1) is 16.5. The highest BCUT2D eigenvalue weighted by Crippen LogP contribution is 2.33. The van der Waals surface area contributed by atoms with Gasteiger partial charge >= 0.3 is 5.97 Å². The van der Waals surface area contributed by atoms with Crippen molar-refractivity contribution in [2.75, 3.05) is 13.7 Å². The third-order valence-corrected chi connectivity index (χ3v) is 3.79. The number of benzene rings is 1. The minimum atomic E-state index is -1.01. The van der Waals surface area contributed by atoms with Crippen molar-refractivity contribution in [2.45, 2.75) is 19.6 Å². The van der Waals surface area contributed by atoms with Gasteiger partial charge in [-0.15, -0.1) is 0 Å². The number of carboxylic acid groups (broad SMARTS) is 1. The molecular formula is C16H18ClNO4. The molecule has 22 heavy (non-hydrogen) atoms. The summed E-state index contributed by atoms with van der Waals surface area (Å²) in [5.74, 6) is -1.01. The average molecular weight is 324 g/mol. The second-order valence-electron chi connectivity index (χ2n) is 5.06. The molecule has 0 radical (unpaired) electrons. The number of halogens is 1. The highest BCUT2D eigenvalue weighted by molar-refractivity contribution is 6.33. The van der Waals surface area contributed by atoms with Crippen LogP contribution >= 0.6 is 11.6 Å². The maximum atomic E-state index is 11.4. The number of aliphatic hydroxyl groups is 1. The van der Waals surface area contributed by atoms with Gasteiger partial charge in [0.1, 0.15) is 0 Å². The van der Waals surface area contributed by atoms with E-state index in [1.807, 2.05) is 18.2 Å². The molecule has 0 saturated heterocycles. The van der Waals surface area contributed by atoms with Gasteiger partial charge in [0.05, 0.1) is 30.5 Å². The molecule has 6 heteroatoms. The lowest BCUT2D eigenvalue weighted by Gasteiger charge is -2.15. The van der Waals surface area contributed by atoms with E-state index in [1.165, 1.54) is 13.3 Å². The molecule has 1 heterocycles. The van der Waals surface area contributed by atoms with Crippen LogP contribution in [0.1, 0.15) is 15.9 Å². The largest absolute Gasteiger partial charge is 0.478 e. The Bertz CT molecular complexity index is 681. The Balaban J connectivity index is 2.55. The number of rotatable bonds is 6. The summed E-state index contributed by atoms with van der Waals surface area (Å²) in [7, 11) is 1.50. The molecule has 2 aromatic rings. The number of aliphatic hydroxyl groups excluding tert-OH is 1. The molecule has 0 saturated carbocycles. The van der Waals surface area contributed by atoms with Gasteiger partial charge in [-0.25, -0.2) is 4.79 Å². The van der Waals surface area contributed by atoms with E-state index in [0.29, 0.717) is 16.3 Å². The zero-order valence-corrected chi connectivity index (χ0v) is 13.2. The van der Waals surface area contributed by atoms with Gasteiger partial charge in [0.2, 0.25) is 0 Å². The summed E-state index contributed by atoms with van der Waals surface area (Å²) < 4.78 is 6.64. The number of ether oxygens (including phenoxy) is 1. The molecule has 0 aliphatic carbocycles. The van der Waals surface area contributed by atoms with E-state index >= 15 is 0 Å². The quantitative estimate of drug-likeness (QED) is 0.857. The fraction of sp³-hybridized carbons (Fsp3) is 0.312. The summed E-state index contributed by atoms with van der Waals surface area (Å²) in [5.41, 5.74) is 2.24. The van der Waals surface area contributed by atoms with Crippen LogP contribution in [0.3, 0.4) is 0 Å². The topological polar surface area (TPSA) is 71.7 Å². The fourth-order valence-corrected chi connectivity index (χ4v) is 2.73. The molecule has 0 spiro atoms. The van der Waals surface area contributed by atoms with E-state index < -0.39 is 12.1 Å². The van der Waals surface area contributed by atoms with Crippen LogP contribution in [0.4, 0.5) is 0 Å². The van der Waals surface area contributed by atoms with Crippen molar-refractivity contribution in [3.05, 3.63) is 46.6 Å². The monoisotopic (exact) mass is 323 g/mol. The second-order valence-corrected chi connectivity index (χ2v) is 5.47. The van der Waals surface area contributed by atoms with Gasteiger partial charge < -0.3 is 19.5 Å². The van der Waals surface area contributed by atoms with Gasteiger partial charge in [-0.2, -0.15) is 0 Å². The standard InChI is InChI=1S/C16H18ClNO4/c1-10-13(16(20)21)8-18(7-11(19)9-22-2)15(10)12-5-3-4-6-14(12)17/h3-6,8,11,19H,7,9H2,1-2H3,(H,20,21). The summed E-state index contributed by atoms with van der Waals surface area (Å²) in [4.78, 5) is 11.4. The molecule has 0 amide bonds. The zero-order chi connectivity index (χ0) is 16.3. The number of aromatic carboxylic acids is 1. The van der Waals surface area contributed by atoms with Crippen LogP contribution in [-0.4, -0.2) is 40.6 Å². The molecule has 0 aliphatic heterocycles. The summed E-state index contributed by atoms with van der Waals surface area (Å²) in [6, 6.07) is 7.23. The summed E-state index contributed by atoms with van der Waals surface area (Å²) in [6.45, 7) is 2.13. The molecule has 2 rings (SSSR count). The van der Waals surface area contributed by atoms with Crippen molar-refractivity contribution in [3.8, 4) is 11.3 Å². The first-order chi connectivity index (χ1) is 10.5. The van der Waals surface area contributed by atoms with E-state index in [-0.39, 0.29) is 18.7 Å². The van der Waals surface area contributed by atoms with Crippen LogP contribution in [-0.2, 0) is 11.3 Å². The Hall–Kier alpha value is -1.82. The molecule has 0 aliphatic rings. The smallest absolute Gasteiger partial charge is 0.337 e. The molecule has 5 nitrogen and oxygen atoms in total. The van der Waals surface area contributed by atoms with Gasteiger partial charge in [0.25, 0.3) is 0 Å². The molecule has 2 N–H and O–H groups in total. The summed E-state index contributed by atoms with van der Waals surface area (Å²) >= 11 is 6.24. The summed E-state index contributed by atoms with van der Waals surface area (Å²) in [6.07, 6.45) is 0.787. The van der Waals surface area contributed by atoms with Crippen molar-refractivity contribution in [3.63, 3.8) is 0 Å². The van der Waals surface area contributed by atoms with E-state index in [0.717, 1.165) is 5.56 Å². The lowest BCUT2D eigenvalue weighted by Crippen LogP contribution is -2.21. The third-order valence-electron chi connectivity index (χ3n) is 3.46. The minimum Gasteiger partial charge on any atom is -0.478 e. The molecule has 0 bridgehead atoms. The highest BCUT2D eigenvalue weighted by Gasteiger charge is 2.21. The number of hydrogen-bond acceptors (Lipinski definition) is 3. The molecule has 118 valence electrons. The first-order valence-corrected chi connectivity index (χ1v) is 7.18. The maximum Gasteiger partial charge on any atom is 0.337 e. The molecule has 0 fully saturated rings. The van der Waals surface area contributed by atoms with Crippen molar-refractivity contribution >= 4 is 17.6 Å². The average Bonchev–Trinajstić information content (AvgIpc) is 2.77. The normalized spacial score (nSPS) is 12.4. The molecule has 1 aromatic carbocycles. The number of carbonyl (C=O) groups is 1. The Morgan fingerprint density at radius 3 is 2.68 bits per heavy atom. The number of aromatic nitrogens is 1. The highest BCUT2D eigenvalue weighted by atomic mass is 35.5. The molecular weight excluding hydrogens is 306 g/mol. The fourth-order valence-electron chi connectivity index (χ4n) is 2.50. The van der Waals surface area contributed by atoms with Crippen molar-refractivity contribution < 1.29 is 19.7 Å². The van der Waals surface area contributed by atoms with Gasteiger partial charge in [-0.1, -0.05) is 29.8 Å². The van der Waals surface area contributed by atoms with Gasteiger partial charge in [-0.3, -0.25) is 0 Å². The van der Waals surface area contributed by atoms with E-state index in [9.17, 15) is 15.0 Å². The second kappa shape index (κ2) is 6.96. The van der Waals surface area contributed by atoms with E-state index in [2.05, 4.69) is 0 Å². The van der Waals surface area contributed by atoms with E-state index in [4.69, 9.17) is 16.3 Å². The zero-order valence-electron chi connectivity index (χ0n) is 12.4. The maximum absolute atomic E-state index is 11.4. The lowest BCUT2D eigenvalue weighted by atomic mass is 10.1. The number of carboxylic acids is 1. The van der Waals surface area contributed by atoms with Crippen molar-refractivity contribution in [1.82, 2.24) is 4.57 Å². The lowest BCUT2D eigenvalue weighted by molar-refractivity contribution is 0.0538. The van der Waals surface area contributed by atoms with Crippen LogP contribution < -0.4 is 0 Å². The number of methoxy groups -OCH3 is 1. The Kier molecular flexibility index (Phi) is 5.24. The predicted molar refractivity (Wildman–Crippen MR) is 84.5 cm³/mol. The van der Waals surface area contributed by atoms with Crippen LogP contribution in [0.15, 0.2) is 30.5 Å². The molecule has 1 atom stereocenters. The molecule has 1 aromatic heterocycles. The van der Waals surface area contributed by atoms with Crippen LogP contribution in [0.25, 0.3) is 11.3 Å². The molecule has 1 unspecified atom stereocenters. The van der Waals surface area contributed by atoms with Gasteiger partial charge in [-0.05, 0) is 18.6 Å². The number of hydrogen-bond donors (Lipinski definition) is 2. The van der Waals surface area contributed by atoms with Crippen LogP contribution in [0.2, 0.25) is 5.02 Å². The van der Waals surface area contributed by atoms with Gasteiger partial charge in [0, 0.05) is 23.9 Å². The van der Waals surface area contributed by atoms with Crippen molar-refractivity contribution in [1.29, 1.82) is 0 Å². The Labute approximate surface area is 133 Å².